The van der Waals surface area contributed by atoms with Gasteiger partial charge in [0.05, 0.1) is 5.56 Å². The van der Waals surface area contributed by atoms with Gasteiger partial charge < -0.3 is 35.7 Å². The van der Waals surface area contributed by atoms with Crippen LogP contribution >= 0.6 is 0 Å². The van der Waals surface area contributed by atoms with Crippen molar-refractivity contribution < 1.29 is 40.5 Å². The number of rotatable bonds is 3. The zero-order valence-corrected chi connectivity index (χ0v) is 10.2. The quantitative estimate of drug-likeness (QED) is 0.308. The third kappa shape index (κ3) is 1.61. The lowest BCUT2D eigenvalue weighted by Gasteiger charge is -2.39. The van der Waals surface area contributed by atoms with Crippen molar-refractivity contribution >= 4 is 5.97 Å². The highest BCUT2D eigenvalue weighted by Gasteiger charge is 2.52. The number of phenolic OH excluding ortho intramolecular Hbond substituents is 5. The van der Waals surface area contributed by atoms with Crippen LogP contribution in [-0.2, 0) is 10.4 Å². The fourth-order valence-electron chi connectivity index (χ4n) is 2.36. The van der Waals surface area contributed by atoms with Gasteiger partial charge in [-0.15, -0.1) is 0 Å². The van der Waals surface area contributed by atoms with Crippen LogP contribution in [0.1, 0.15) is 24.8 Å². The second-order valence-corrected chi connectivity index (χ2v) is 4.82. The molecule has 0 aromatic heterocycles. The first-order valence-electron chi connectivity index (χ1n) is 5.87. The molecular formula is C12H14O8. The Hall–Kier alpha value is -2.35. The highest BCUT2D eigenvalue weighted by Crippen LogP contribution is 2.57. The van der Waals surface area contributed by atoms with E-state index in [1.807, 2.05) is 0 Å². The molecule has 1 aromatic rings. The van der Waals surface area contributed by atoms with E-state index in [9.17, 15) is 40.5 Å². The van der Waals surface area contributed by atoms with Crippen LogP contribution in [0.15, 0.2) is 0 Å². The van der Waals surface area contributed by atoms with E-state index in [-0.39, 0.29) is 0 Å². The molecule has 1 aromatic carbocycles. The highest BCUT2D eigenvalue weighted by atomic mass is 16.4. The molecule has 0 heterocycles. The third-order valence-corrected chi connectivity index (χ3v) is 3.77. The Morgan fingerprint density at radius 3 is 1.60 bits per heavy atom. The number of aromatic hydroxyl groups is 5. The number of carboxylic acid groups (broad SMARTS) is 1. The molecule has 20 heavy (non-hydrogen) atoms. The largest absolute Gasteiger partial charge is 0.504 e. The average Bonchev–Trinajstić information content (AvgIpc) is 2.31. The van der Waals surface area contributed by atoms with Crippen molar-refractivity contribution in [2.24, 2.45) is 5.92 Å². The number of carbonyl (C=O) groups is 1. The van der Waals surface area contributed by atoms with Crippen LogP contribution in [0, 0.1) is 5.92 Å². The number of aliphatic hydroxyl groups is 1. The maximum absolute atomic E-state index is 11.4. The predicted octanol–water partition coefficient (Wildman–Crippen LogP) is 0.287. The SMILES string of the molecule is O=C(O)C(O)(c1c(O)c(O)c(O)c(O)c1O)C1CCC1. The second kappa shape index (κ2) is 4.34. The summed E-state index contributed by atoms with van der Waals surface area (Å²) < 4.78 is 0. The van der Waals surface area contributed by atoms with Crippen molar-refractivity contribution in [1.29, 1.82) is 0 Å². The summed E-state index contributed by atoms with van der Waals surface area (Å²) in [6.45, 7) is 0. The van der Waals surface area contributed by atoms with Gasteiger partial charge in [-0.25, -0.2) is 4.79 Å². The van der Waals surface area contributed by atoms with Gasteiger partial charge in [0.15, 0.2) is 17.1 Å². The molecule has 1 aliphatic carbocycles. The van der Waals surface area contributed by atoms with Crippen LogP contribution in [0.5, 0.6) is 28.7 Å². The Morgan fingerprint density at radius 1 is 0.900 bits per heavy atom. The number of carboxylic acids is 1. The van der Waals surface area contributed by atoms with Gasteiger partial charge in [-0.05, 0) is 12.8 Å². The molecule has 2 rings (SSSR count). The minimum atomic E-state index is -2.67. The highest BCUT2D eigenvalue weighted by molar-refractivity contribution is 5.85. The fraction of sp³-hybridized carbons (Fsp3) is 0.417. The zero-order chi connectivity index (χ0) is 15.2. The van der Waals surface area contributed by atoms with Crippen molar-refractivity contribution in [2.75, 3.05) is 0 Å². The number of benzene rings is 1. The summed E-state index contributed by atoms with van der Waals surface area (Å²) in [5, 5.41) is 67.2. The normalized spacial score (nSPS) is 18.2. The van der Waals surface area contributed by atoms with E-state index in [4.69, 9.17) is 0 Å². The molecule has 110 valence electrons. The number of hydrogen-bond donors (Lipinski definition) is 7. The first-order chi connectivity index (χ1) is 9.22. The Kier molecular flexibility index (Phi) is 3.05. The Labute approximate surface area is 112 Å². The summed E-state index contributed by atoms with van der Waals surface area (Å²) in [6.07, 6.45) is 1.34. The second-order valence-electron chi connectivity index (χ2n) is 4.82. The zero-order valence-electron chi connectivity index (χ0n) is 10.2. The van der Waals surface area contributed by atoms with E-state index in [0.29, 0.717) is 19.3 Å². The lowest BCUT2D eigenvalue weighted by molar-refractivity contribution is -0.171. The van der Waals surface area contributed by atoms with Gasteiger partial charge in [0.25, 0.3) is 0 Å². The summed E-state index contributed by atoms with van der Waals surface area (Å²) in [5.74, 6) is -8.53. The lowest BCUT2D eigenvalue weighted by Crippen LogP contribution is -2.46. The van der Waals surface area contributed by atoms with Crippen molar-refractivity contribution in [3.8, 4) is 28.7 Å². The van der Waals surface area contributed by atoms with Gasteiger partial charge in [-0.3, -0.25) is 0 Å². The topological polar surface area (TPSA) is 159 Å². The minimum Gasteiger partial charge on any atom is -0.504 e. The maximum atomic E-state index is 11.4. The Balaban J connectivity index is 2.75. The predicted molar refractivity (Wildman–Crippen MR) is 63.6 cm³/mol. The smallest absolute Gasteiger partial charge is 0.341 e. The van der Waals surface area contributed by atoms with Gasteiger partial charge >= 0.3 is 5.97 Å². The summed E-state index contributed by atoms with van der Waals surface area (Å²) in [6, 6.07) is 0. The average molecular weight is 286 g/mol. The van der Waals surface area contributed by atoms with Gasteiger partial charge in [0.1, 0.15) is 0 Å². The van der Waals surface area contributed by atoms with Crippen molar-refractivity contribution in [3.05, 3.63) is 5.56 Å². The molecule has 0 spiro atoms. The van der Waals surface area contributed by atoms with Gasteiger partial charge in [-0.2, -0.15) is 0 Å². The molecule has 8 heteroatoms. The van der Waals surface area contributed by atoms with Gasteiger partial charge in [0.2, 0.25) is 17.2 Å². The van der Waals surface area contributed by atoms with E-state index in [0.717, 1.165) is 0 Å². The van der Waals surface area contributed by atoms with Crippen LogP contribution in [0.2, 0.25) is 0 Å². The molecule has 1 unspecified atom stereocenters. The summed E-state index contributed by atoms with van der Waals surface area (Å²) in [5.41, 5.74) is -3.60. The molecule has 7 N–H and O–H groups in total. The molecule has 0 bridgehead atoms. The lowest BCUT2D eigenvalue weighted by atomic mass is 9.69. The number of phenols is 5. The first kappa shape index (κ1) is 14.1. The van der Waals surface area contributed by atoms with E-state index < -0.39 is 51.8 Å². The summed E-state index contributed by atoms with van der Waals surface area (Å²) >= 11 is 0. The number of aliphatic carboxylic acids is 1. The van der Waals surface area contributed by atoms with Gasteiger partial charge in [0, 0.05) is 5.92 Å². The van der Waals surface area contributed by atoms with E-state index >= 15 is 0 Å². The van der Waals surface area contributed by atoms with E-state index in [1.54, 1.807) is 0 Å². The van der Waals surface area contributed by atoms with Crippen molar-refractivity contribution in [1.82, 2.24) is 0 Å². The summed E-state index contributed by atoms with van der Waals surface area (Å²) in [7, 11) is 0. The molecule has 1 atom stereocenters. The molecule has 1 fully saturated rings. The first-order valence-corrected chi connectivity index (χ1v) is 5.87. The van der Waals surface area contributed by atoms with E-state index in [1.165, 1.54) is 0 Å². The van der Waals surface area contributed by atoms with Crippen LogP contribution < -0.4 is 0 Å². The fourth-order valence-corrected chi connectivity index (χ4v) is 2.36. The van der Waals surface area contributed by atoms with Crippen molar-refractivity contribution in [3.63, 3.8) is 0 Å². The maximum Gasteiger partial charge on any atom is 0.341 e. The molecule has 8 nitrogen and oxygen atoms in total. The number of hydrogen-bond acceptors (Lipinski definition) is 7. The Morgan fingerprint density at radius 2 is 1.30 bits per heavy atom. The third-order valence-electron chi connectivity index (χ3n) is 3.77. The molecule has 0 saturated heterocycles. The minimum absolute atomic E-state index is 0.337. The molecule has 0 radical (unpaired) electrons. The standard InChI is InChI=1S/C12H14O8/c13-6-5(7(14)9(16)10(17)8(6)15)12(20,11(18)19)4-2-1-3-4/h4,13-17,20H,1-3H2,(H,18,19). The molecule has 1 saturated carbocycles. The van der Waals surface area contributed by atoms with E-state index in [2.05, 4.69) is 0 Å². The molecule has 1 aliphatic rings. The van der Waals surface area contributed by atoms with Crippen LogP contribution in [0.25, 0.3) is 0 Å². The Bertz CT molecular complexity index is 548. The monoisotopic (exact) mass is 286 g/mol. The van der Waals surface area contributed by atoms with Crippen LogP contribution in [-0.4, -0.2) is 41.7 Å². The summed E-state index contributed by atoms with van der Waals surface area (Å²) in [4.78, 5) is 11.4. The molecular weight excluding hydrogens is 272 g/mol. The van der Waals surface area contributed by atoms with Crippen LogP contribution in [0.3, 0.4) is 0 Å². The van der Waals surface area contributed by atoms with Crippen molar-refractivity contribution in [2.45, 2.75) is 24.9 Å². The molecule has 0 aliphatic heterocycles. The van der Waals surface area contributed by atoms with Gasteiger partial charge in [-0.1, -0.05) is 6.42 Å². The van der Waals surface area contributed by atoms with Crippen LogP contribution in [0.4, 0.5) is 0 Å². The molecule has 0 amide bonds.